The first kappa shape index (κ1) is 15.9. The summed E-state index contributed by atoms with van der Waals surface area (Å²) in [5.41, 5.74) is 10.7. The van der Waals surface area contributed by atoms with Gasteiger partial charge in [-0.2, -0.15) is 0 Å². The fraction of sp³-hybridized carbons (Fsp3) is 0.818. The van der Waals surface area contributed by atoms with Crippen LogP contribution in [-0.4, -0.2) is 60.9 Å². The highest BCUT2D eigenvalue weighted by atomic mass is 16.2. The molecule has 0 radical (unpaired) electrons. The van der Waals surface area contributed by atoms with Gasteiger partial charge in [-0.3, -0.25) is 9.59 Å². The number of primary amides is 1. The molecular formula is C11H24N4O2. The molecule has 0 aromatic heterocycles. The molecule has 0 saturated heterocycles. The summed E-state index contributed by atoms with van der Waals surface area (Å²) >= 11 is 0. The van der Waals surface area contributed by atoms with Crippen LogP contribution in [0.25, 0.3) is 0 Å². The van der Waals surface area contributed by atoms with E-state index in [9.17, 15) is 9.59 Å². The van der Waals surface area contributed by atoms with Gasteiger partial charge in [0, 0.05) is 19.1 Å². The monoisotopic (exact) mass is 244 g/mol. The fourth-order valence-electron chi connectivity index (χ4n) is 1.83. The first-order chi connectivity index (χ1) is 7.79. The second kappa shape index (κ2) is 7.24. The molecule has 0 saturated carbocycles. The Balaban J connectivity index is 4.53. The van der Waals surface area contributed by atoms with E-state index in [1.807, 2.05) is 32.8 Å². The normalized spacial score (nSPS) is 14.5. The maximum atomic E-state index is 12.0. The van der Waals surface area contributed by atoms with E-state index in [0.29, 0.717) is 6.54 Å². The van der Waals surface area contributed by atoms with Crippen molar-refractivity contribution in [2.75, 3.05) is 27.2 Å². The minimum Gasteiger partial charge on any atom is -0.370 e. The van der Waals surface area contributed by atoms with Gasteiger partial charge in [0.25, 0.3) is 0 Å². The Bertz CT molecular complexity index is 268. The summed E-state index contributed by atoms with van der Waals surface area (Å²) in [5.74, 6) is -0.775. The molecule has 2 unspecified atom stereocenters. The molecule has 0 rings (SSSR count). The van der Waals surface area contributed by atoms with Crippen molar-refractivity contribution in [2.24, 2.45) is 11.5 Å². The van der Waals surface area contributed by atoms with Crippen molar-refractivity contribution in [2.45, 2.75) is 32.4 Å². The number of amides is 2. The average molecular weight is 244 g/mol. The summed E-state index contributed by atoms with van der Waals surface area (Å²) in [4.78, 5) is 26.4. The van der Waals surface area contributed by atoms with Crippen molar-refractivity contribution in [3.05, 3.63) is 0 Å². The van der Waals surface area contributed by atoms with E-state index < -0.39 is 11.9 Å². The van der Waals surface area contributed by atoms with Gasteiger partial charge in [0.2, 0.25) is 11.8 Å². The smallest absolute Gasteiger partial charge is 0.240 e. The highest BCUT2D eigenvalue weighted by Gasteiger charge is 2.25. The average Bonchev–Trinajstić information content (AvgIpc) is 2.16. The summed E-state index contributed by atoms with van der Waals surface area (Å²) in [7, 11) is 3.89. The fourth-order valence-corrected chi connectivity index (χ4v) is 1.83. The summed E-state index contributed by atoms with van der Waals surface area (Å²) in [6.07, 6.45) is -0.107. The Morgan fingerprint density at radius 2 is 1.82 bits per heavy atom. The molecular weight excluding hydrogens is 220 g/mol. The van der Waals surface area contributed by atoms with Crippen LogP contribution in [0.1, 0.15) is 20.3 Å². The van der Waals surface area contributed by atoms with E-state index in [2.05, 4.69) is 0 Å². The molecule has 0 aliphatic rings. The van der Waals surface area contributed by atoms with E-state index in [-0.39, 0.29) is 18.4 Å². The van der Waals surface area contributed by atoms with Crippen molar-refractivity contribution >= 4 is 11.8 Å². The summed E-state index contributed by atoms with van der Waals surface area (Å²) in [6, 6.07) is -0.779. The zero-order valence-electron chi connectivity index (χ0n) is 11.1. The molecule has 0 heterocycles. The molecule has 0 spiro atoms. The van der Waals surface area contributed by atoms with Crippen LogP contribution >= 0.6 is 0 Å². The Morgan fingerprint density at radius 1 is 1.29 bits per heavy atom. The van der Waals surface area contributed by atoms with Gasteiger partial charge in [0.05, 0.1) is 12.5 Å². The van der Waals surface area contributed by atoms with Crippen LogP contribution in [-0.2, 0) is 9.59 Å². The van der Waals surface area contributed by atoms with E-state index in [1.165, 1.54) is 0 Å². The molecule has 0 aromatic rings. The van der Waals surface area contributed by atoms with Gasteiger partial charge in [0.1, 0.15) is 0 Å². The third kappa shape index (κ3) is 5.65. The van der Waals surface area contributed by atoms with Gasteiger partial charge in [-0.05, 0) is 27.9 Å². The highest BCUT2D eigenvalue weighted by Crippen LogP contribution is 2.04. The SMILES string of the molecule is CCN(C(=O)C(N)CC(N)=O)C(C)CN(C)C. The lowest BCUT2D eigenvalue weighted by atomic mass is 10.1. The van der Waals surface area contributed by atoms with Crippen LogP contribution in [0.2, 0.25) is 0 Å². The third-order valence-corrected chi connectivity index (χ3v) is 2.52. The van der Waals surface area contributed by atoms with Gasteiger partial charge in [-0.15, -0.1) is 0 Å². The Hall–Kier alpha value is -1.14. The number of hydrogen-bond acceptors (Lipinski definition) is 4. The molecule has 2 amide bonds. The van der Waals surface area contributed by atoms with Crippen molar-refractivity contribution < 1.29 is 9.59 Å². The van der Waals surface area contributed by atoms with E-state index in [0.717, 1.165) is 6.54 Å². The lowest BCUT2D eigenvalue weighted by Crippen LogP contribution is -2.51. The van der Waals surface area contributed by atoms with Crippen LogP contribution in [0.3, 0.4) is 0 Å². The van der Waals surface area contributed by atoms with Crippen molar-refractivity contribution in [1.29, 1.82) is 0 Å². The van der Waals surface area contributed by atoms with Crippen molar-refractivity contribution in [3.63, 3.8) is 0 Å². The van der Waals surface area contributed by atoms with Crippen molar-refractivity contribution in [3.8, 4) is 0 Å². The Labute approximate surface area is 103 Å². The van der Waals surface area contributed by atoms with Gasteiger partial charge >= 0.3 is 0 Å². The lowest BCUT2D eigenvalue weighted by molar-refractivity contribution is -0.136. The highest BCUT2D eigenvalue weighted by molar-refractivity contribution is 5.87. The first-order valence-electron chi connectivity index (χ1n) is 5.78. The molecule has 0 fully saturated rings. The topological polar surface area (TPSA) is 92.7 Å². The Morgan fingerprint density at radius 3 is 2.18 bits per heavy atom. The molecule has 6 nitrogen and oxygen atoms in total. The molecule has 17 heavy (non-hydrogen) atoms. The molecule has 4 N–H and O–H groups in total. The number of likely N-dealkylation sites (N-methyl/N-ethyl adjacent to an activating group) is 2. The van der Waals surface area contributed by atoms with Crippen molar-refractivity contribution in [1.82, 2.24) is 9.80 Å². The zero-order chi connectivity index (χ0) is 13.6. The number of carbonyl (C=O) groups is 2. The first-order valence-corrected chi connectivity index (χ1v) is 5.78. The van der Waals surface area contributed by atoms with Crippen LogP contribution in [0.5, 0.6) is 0 Å². The minimum absolute atomic E-state index is 0.0569. The number of nitrogens with zero attached hydrogens (tertiary/aromatic N) is 2. The van der Waals surface area contributed by atoms with Gasteiger partial charge < -0.3 is 21.3 Å². The number of nitrogens with two attached hydrogens (primary N) is 2. The quantitative estimate of drug-likeness (QED) is 0.600. The second-order valence-electron chi connectivity index (χ2n) is 4.51. The van der Waals surface area contributed by atoms with E-state index in [1.54, 1.807) is 4.90 Å². The third-order valence-electron chi connectivity index (χ3n) is 2.52. The summed E-state index contributed by atoms with van der Waals surface area (Å²) < 4.78 is 0. The number of carbonyl (C=O) groups excluding carboxylic acids is 2. The van der Waals surface area contributed by atoms with Crippen LogP contribution in [0.4, 0.5) is 0 Å². The molecule has 0 aliphatic heterocycles. The van der Waals surface area contributed by atoms with Gasteiger partial charge in [-0.1, -0.05) is 0 Å². The molecule has 100 valence electrons. The lowest BCUT2D eigenvalue weighted by Gasteiger charge is -2.31. The predicted molar refractivity (Wildman–Crippen MR) is 67.2 cm³/mol. The van der Waals surface area contributed by atoms with Crippen LogP contribution in [0.15, 0.2) is 0 Å². The molecule has 2 atom stereocenters. The zero-order valence-corrected chi connectivity index (χ0v) is 11.1. The van der Waals surface area contributed by atoms with E-state index >= 15 is 0 Å². The minimum atomic E-state index is -0.836. The van der Waals surface area contributed by atoms with Crippen LogP contribution < -0.4 is 11.5 Å². The van der Waals surface area contributed by atoms with Gasteiger partial charge in [0.15, 0.2) is 0 Å². The van der Waals surface area contributed by atoms with Gasteiger partial charge in [-0.25, -0.2) is 0 Å². The molecule has 0 aliphatic carbocycles. The maximum Gasteiger partial charge on any atom is 0.240 e. The molecule has 0 aromatic carbocycles. The summed E-state index contributed by atoms with van der Waals surface area (Å²) in [6.45, 7) is 5.17. The Kier molecular flexibility index (Phi) is 6.75. The van der Waals surface area contributed by atoms with Crippen LogP contribution in [0, 0.1) is 0 Å². The second-order valence-corrected chi connectivity index (χ2v) is 4.51. The maximum absolute atomic E-state index is 12.0. The largest absolute Gasteiger partial charge is 0.370 e. The molecule has 0 bridgehead atoms. The van der Waals surface area contributed by atoms with E-state index in [4.69, 9.17) is 11.5 Å². The predicted octanol–water partition coefficient (Wildman–Crippen LogP) is -1.01. The molecule has 6 heteroatoms. The number of hydrogen-bond donors (Lipinski definition) is 2. The standard InChI is InChI=1S/C11H24N4O2/c1-5-15(8(2)7-14(3)4)11(17)9(12)6-10(13)16/h8-9H,5-7,12H2,1-4H3,(H2,13,16). The summed E-state index contributed by atoms with van der Waals surface area (Å²) in [5, 5.41) is 0. The number of rotatable bonds is 7.